The summed E-state index contributed by atoms with van der Waals surface area (Å²) < 4.78 is 27.8. The van der Waals surface area contributed by atoms with Crippen molar-refractivity contribution >= 4 is 39.8 Å². The molecule has 0 aliphatic heterocycles. The number of sulfone groups is 1. The molecular weight excluding hydrogens is 441 g/mol. The van der Waals surface area contributed by atoms with E-state index in [4.69, 9.17) is 4.74 Å². The van der Waals surface area contributed by atoms with E-state index in [0.29, 0.717) is 32.1 Å². The largest absolute Gasteiger partial charge is 0.492 e. The van der Waals surface area contributed by atoms with Crippen LogP contribution in [0.5, 0.6) is 5.75 Å². The maximum atomic E-state index is 11.1. The Morgan fingerprint density at radius 3 is 2.46 bits per heavy atom. The molecule has 8 heteroatoms. The summed E-state index contributed by atoms with van der Waals surface area (Å²) in [7, 11) is -2.92. The zero-order chi connectivity index (χ0) is 17.1. The van der Waals surface area contributed by atoms with E-state index in [-0.39, 0.29) is 29.7 Å². The van der Waals surface area contributed by atoms with Crippen molar-refractivity contribution in [2.24, 2.45) is 4.99 Å². The zero-order valence-corrected chi connectivity index (χ0v) is 17.7. The number of rotatable bonds is 9. The van der Waals surface area contributed by atoms with Gasteiger partial charge in [0.1, 0.15) is 22.2 Å². The Morgan fingerprint density at radius 1 is 1.21 bits per heavy atom. The second-order valence-electron chi connectivity index (χ2n) is 5.33. The number of hydrogen-bond donors (Lipinski definition) is 2. The molecule has 1 aromatic rings. The van der Waals surface area contributed by atoms with Gasteiger partial charge in [-0.2, -0.15) is 0 Å². The summed E-state index contributed by atoms with van der Waals surface area (Å²) in [5.74, 6) is 1.67. The Labute approximate surface area is 162 Å². The number of nitrogens with zero attached hydrogens (tertiary/aromatic N) is 1. The summed E-state index contributed by atoms with van der Waals surface area (Å²) in [5, 5.41) is 6.28. The number of aryl methyl sites for hydroxylation is 1. The van der Waals surface area contributed by atoms with Gasteiger partial charge in [0.05, 0.1) is 12.3 Å². The summed E-state index contributed by atoms with van der Waals surface area (Å²) in [6.45, 7) is 6.38. The first-order valence-corrected chi connectivity index (χ1v) is 9.86. The average Bonchev–Trinajstić information content (AvgIpc) is 2.48. The third kappa shape index (κ3) is 11.5. The molecule has 6 nitrogen and oxygen atoms in total. The Hall–Kier alpha value is -1.03. The van der Waals surface area contributed by atoms with Crippen molar-refractivity contribution < 1.29 is 13.2 Å². The molecule has 0 fully saturated rings. The van der Waals surface area contributed by atoms with Crippen LogP contribution in [0.15, 0.2) is 29.3 Å². The van der Waals surface area contributed by atoms with Gasteiger partial charge in [-0.25, -0.2) is 8.42 Å². The maximum absolute atomic E-state index is 11.1. The number of nitrogens with one attached hydrogen (secondary N) is 2. The highest BCUT2D eigenvalue weighted by Gasteiger charge is 2.02. The van der Waals surface area contributed by atoms with Gasteiger partial charge < -0.3 is 15.4 Å². The van der Waals surface area contributed by atoms with Gasteiger partial charge in [0, 0.05) is 19.3 Å². The SMILES string of the molecule is CCNC(=NCCCS(C)(=O)=O)NCCOc1ccc(C)cc1.I. The van der Waals surface area contributed by atoms with E-state index in [1.54, 1.807) is 0 Å². The van der Waals surface area contributed by atoms with Gasteiger partial charge in [-0.05, 0) is 32.4 Å². The minimum Gasteiger partial charge on any atom is -0.492 e. The molecule has 0 atom stereocenters. The molecule has 138 valence electrons. The van der Waals surface area contributed by atoms with Crippen molar-refractivity contribution in [3.63, 3.8) is 0 Å². The van der Waals surface area contributed by atoms with Crippen LogP contribution in [-0.2, 0) is 9.84 Å². The van der Waals surface area contributed by atoms with Crippen molar-refractivity contribution in [1.29, 1.82) is 0 Å². The van der Waals surface area contributed by atoms with Crippen LogP contribution in [0.2, 0.25) is 0 Å². The second-order valence-corrected chi connectivity index (χ2v) is 7.59. The standard InChI is InChI=1S/C16H27N3O3S.HI/c1-4-17-16(18-10-5-13-23(3,20)21)19-11-12-22-15-8-6-14(2)7-9-15;/h6-9H,4-5,10-13H2,1-3H3,(H2,17,18,19);1H. The van der Waals surface area contributed by atoms with E-state index >= 15 is 0 Å². The Morgan fingerprint density at radius 2 is 1.88 bits per heavy atom. The van der Waals surface area contributed by atoms with Gasteiger partial charge in [0.15, 0.2) is 5.96 Å². The summed E-state index contributed by atoms with van der Waals surface area (Å²) in [5.41, 5.74) is 1.20. The van der Waals surface area contributed by atoms with Crippen LogP contribution in [0.1, 0.15) is 18.9 Å². The van der Waals surface area contributed by atoms with Crippen LogP contribution in [0.3, 0.4) is 0 Å². The Bertz CT molecular complexity index is 589. The lowest BCUT2D eigenvalue weighted by Crippen LogP contribution is -2.39. The summed E-state index contributed by atoms with van der Waals surface area (Å²) in [4.78, 5) is 4.35. The molecule has 0 amide bonds. The first-order valence-electron chi connectivity index (χ1n) is 7.80. The van der Waals surface area contributed by atoms with E-state index in [0.717, 1.165) is 12.3 Å². The molecule has 0 saturated carbocycles. The fourth-order valence-corrected chi connectivity index (χ4v) is 2.49. The molecule has 0 heterocycles. The predicted molar refractivity (Wildman–Crippen MR) is 110 cm³/mol. The lowest BCUT2D eigenvalue weighted by atomic mass is 10.2. The summed E-state index contributed by atoms with van der Waals surface area (Å²) in [6.07, 6.45) is 1.76. The summed E-state index contributed by atoms with van der Waals surface area (Å²) >= 11 is 0. The van der Waals surface area contributed by atoms with Crippen LogP contribution in [0, 0.1) is 6.92 Å². The monoisotopic (exact) mass is 469 g/mol. The van der Waals surface area contributed by atoms with Crippen LogP contribution in [0.4, 0.5) is 0 Å². The number of halogens is 1. The summed E-state index contributed by atoms with van der Waals surface area (Å²) in [6, 6.07) is 7.91. The van der Waals surface area contributed by atoms with E-state index in [1.165, 1.54) is 11.8 Å². The lowest BCUT2D eigenvalue weighted by molar-refractivity contribution is 0.322. The highest BCUT2D eigenvalue weighted by atomic mass is 127. The van der Waals surface area contributed by atoms with Gasteiger partial charge in [-0.1, -0.05) is 17.7 Å². The molecule has 0 aliphatic rings. The molecule has 0 aliphatic carbocycles. The fourth-order valence-electron chi connectivity index (χ4n) is 1.83. The number of aliphatic imine (C=N–C) groups is 1. The van der Waals surface area contributed by atoms with Crippen LogP contribution in [-0.4, -0.2) is 52.6 Å². The Kier molecular flexibility index (Phi) is 11.8. The van der Waals surface area contributed by atoms with Crippen molar-refractivity contribution in [2.75, 3.05) is 38.2 Å². The van der Waals surface area contributed by atoms with Gasteiger partial charge >= 0.3 is 0 Å². The fraction of sp³-hybridized carbons (Fsp3) is 0.562. The minimum atomic E-state index is -2.92. The predicted octanol–water partition coefficient (Wildman–Crippen LogP) is 1.98. The number of hydrogen-bond acceptors (Lipinski definition) is 4. The van der Waals surface area contributed by atoms with Gasteiger partial charge in [0.25, 0.3) is 0 Å². The van der Waals surface area contributed by atoms with Gasteiger partial charge in [-0.15, -0.1) is 24.0 Å². The molecule has 2 N–H and O–H groups in total. The zero-order valence-electron chi connectivity index (χ0n) is 14.5. The maximum Gasteiger partial charge on any atom is 0.191 e. The van der Waals surface area contributed by atoms with E-state index in [2.05, 4.69) is 15.6 Å². The van der Waals surface area contributed by atoms with Crippen molar-refractivity contribution in [3.8, 4) is 5.75 Å². The quantitative estimate of drug-likeness (QED) is 0.250. The number of ether oxygens (including phenoxy) is 1. The highest BCUT2D eigenvalue weighted by molar-refractivity contribution is 14.0. The molecule has 0 unspecified atom stereocenters. The van der Waals surface area contributed by atoms with Crippen molar-refractivity contribution in [2.45, 2.75) is 20.3 Å². The van der Waals surface area contributed by atoms with Gasteiger partial charge in [-0.3, -0.25) is 4.99 Å². The third-order valence-electron chi connectivity index (χ3n) is 2.97. The topological polar surface area (TPSA) is 79.8 Å². The molecule has 0 saturated heterocycles. The first-order chi connectivity index (χ1) is 10.9. The number of guanidine groups is 1. The molecular formula is C16H28IN3O3S. The van der Waals surface area contributed by atoms with Gasteiger partial charge in [0.2, 0.25) is 0 Å². The van der Waals surface area contributed by atoms with Crippen LogP contribution < -0.4 is 15.4 Å². The lowest BCUT2D eigenvalue weighted by Gasteiger charge is -2.12. The molecule has 1 rings (SSSR count). The molecule has 0 radical (unpaired) electrons. The van der Waals surface area contributed by atoms with Crippen molar-refractivity contribution in [1.82, 2.24) is 10.6 Å². The van der Waals surface area contributed by atoms with Crippen molar-refractivity contribution in [3.05, 3.63) is 29.8 Å². The smallest absolute Gasteiger partial charge is 0.191 e. The van der Waals surface area contributed by atoms with E-state index < -0.39 is 9.84 Å². The molecule has 1 aromatic carbocycles. The minimum absolute atomic E-state index is 0. The van der Waals surface area contributed by atoms with E-state index in [9.17, 15) is 8.42 Å². The molecule has 0 spiro atoms. The van der Waals surface area contributed by atoms with Crippen LogP contribution in [0.25, 0.3) is 0 Å². The molecule has 24 heavy (non-hydrogen) atoms. The number of benzene rings is 1. The highest BCUT2D eigenvalue weighted by Crippen LogP contribution is 2.10. The first kappa shape index (κ1) is 23.0. The molecule has 0 bridgehead atoms. The molecule has 0 aromatic heterocycles. The average molecular weight is 469 g/mol. The second kappa shape index (κ2) is 12.3. The third-order valence-corrected chi connectivity index (χ3v) is 4.00. The van der Waals surface area contributed by atoms with E-state index in [1.807, 2.05) is 38.1 Å². The van der Waals surface area contributed by atoms with Crippen LogP contribution >= 0.6 is 24.0 Å². The normalized spacial score (nSPS) is 11.5. The Balaban J connectivity index is 0.00000529.